The number of hydrogen-bond donors (Lipinski definition) is 2. The Morgan fingerprint density at radius 1 is 1.35 bits per heavy atom. The molecule has 7 heteroatoms. The van der Waals surface area contributed by atoms with Crippen LogP contribution in [0.5, 0.6) is 0 Å². The van der Waals surface area contributed by atoms with E-state index in [-0.39, 0.29) is 16.8 Å². The van der Waals surface area contributed by atoms with Gasteiger partial charge < -0.3 is 10.4 Å². The van der Waals surface area contributed by atoms with Gasteiger partial charge in [0.25, 0.3) is 11.6 Å². The molecule has 1 aromatic rings. The van der Waals surface area contributed by atoms with Crippen LogP contribution in [0.4, 0.5) is 5.69 Å². The van der Waals surface area contributed by atoms with Gasteiger partial charge in [-0.05, 0) is 26.8 Å². The number of nitro benzene ring substituents is 1. The van der Waals surface area contributed by atoms with Crippen LogP contribution >= 0.6 is 0 Å². The second-order valence-electron chi connectivity index (χ2n) is 4.60. The van der Waals surface area contributed by atoms with Crippen molar-refractivity contribution in [2.75, 3.05) is 0 Å². The second-order valence-corrected chi connectivity index (χ2v) is 4.60. The number of aliphatic carboxylic acids is 1. The Balaban J connectivity index is 2.96. The number of benzene rings is 1. The highest BCUT2D eigenvalue weighted by atomic mass is 16.6. The van der Waals surface area contributed by atoms with Gasteiger partial charge >= 0.3 is 5.97 Å². The van der Waals surface area contributed by atoms with Crippen molar-refractivity contribution >= 4 is 17.6 Å². The molecule has 20 heavy (non-hydrogen) atoms. The lowest BCUT2D eigenvalue weighted by molar-refractivity contribution is -0.385. The van der Waals surface area contributed by atoms with Crippen molar-refractivity contribution in [3.63, 3.8) is 0 Å². The SMILES string of the molecule is Cc1c(C(=O)NC(C)C(C)C(=O)O)cccc1[N+](=O)[O-]. The van der Waals surface area contributed by atoms with E-state index in [1.54, 1.807) is 6.92 Å². The van der Waals surface area contributed by atoms with Gasteiger partial charge in [0.15, 0.2) is 0 Å². The lowest BCUT2D eigenvalue weighted by atomic mass is 10.0. The van der Waals surface area contributed by atoms with E-state index >= 15 is 0 Å². The van der Waals surface area contributed by atoms with E-state index in [4.69, 9.17) is 5.11 Å². The lowest BCUT2D eigenvalue weighted by Crippen LogP contribution is -2.40. The fraction of sp³-hybridized carbons (Fsp3) is 0.385. The molecule has 0 heterocycles. The number of nitrogens with zero attached hydrogens (tertiary/aromatic N) is 1. The maximum atomic E-state index is 12.1. The van der Waals surface area contributed by atoms with Gasteiger partial charge in [-0.15, -0.1) is 0 Å². The zero-order valence-electron chi connectivity index (χ0n) is 11.4. The van der Waals surface area contributed by atoms with Crippen LogP contribution < -0.4 is 5.32 Å². The summed E-state index contributed by atoms with van der Waals surface area (Å²) in [5.41, 5.74) is 0.283. The molecule has 0 aliphatic heterocycles. The highest BCUT2D eigenvalue weighted by Gasteiger charge is 2.23. The Morgan fingerprint density at radius 3 is 2.45 bits per heavy atom. The summed E-state index contributed by atoms with van der Waals surface area (Å²) < 4.78 is 0. The number of nitrogens with one attached hydrogen (secondary N) is 1. The minimum atomic E-state index is -1.02. The van der Waals surface area contributed by atoms with E-state index in [1.165, 1.54) is 32.0 Å². The number of amides is 1. The molecule has 0 aliphatic carbocycles. The number of hydrogen-bond acceptors (Lipinski definition) is 4. The van der Waals surface area contributed by atoms with Crippen LogP contribution in [0.1, 0.15) is 29.8 Å². The highest BCUT2D eigenvalue weighted by Crippen LogP contribution is 2.21. The standard InChI is InChI=1S/C13H16N2O5/c1-7(13(17)18)9(3)14-12(16)10-5-4-6-11(8(10)2)15(19)20/h4-7,9H,1-3H3,(H,14,16)(H,17,18). The third-order valence-electron chi connectivity index (χ3n) is 3.24. The first-order chi connectivity index (χ1) is 9.25. The van der Waals surface area contributed by atoms with Crippen molar-refractivity contribution in [1.29, 1.82) is 0 Å². The molecule has 0 aliphatic rings. The number of nitro groups is 1. The summed E-state index contributed by atoms with van der Waals surface area (Å²) in [6.45, 7) is 4.54. The molecule has 0 spiro atoms. The third-order valence-corrected chi connectivity index (χ3v) is 3.24. The van der Waals surface area contributed by atoms with Crippen molar-refractivity contribution in [2.24, 2.45) is 5.92 Å². The van der Waals surface area contributed by atoms with Gasteiger partial charge in [-0.3, -0.25) is 19.7 Å². The molecule has 0 radical (unpaired) electrons. The predicted molar refractivity (Wildman–Crippen MR) is 71.6 cm³/mol. The van der Waals surface area contributed by atoms with Crippen LogP contribution in [0.2, 0.25) is 0 Å². The van der Waals surface area contributed by atoms with E-state index in [1.807, 2.05) is 0 Å². The van der Waals surface area contributed by atoms with Gasteiger partial charge in [0, 0.05) is 23.2 Å². The van der Waals surface area contributed by atoms with E-state index in [2.05, 4.69) is 5.32 Å². The summed E-state index contributed by atoms with van der Waals surface area (Å²) in [6.07, 6.45) is 0. The van der Waals surface area contributed by atoms with Crippen molar-refractivity contribution in [3.8, 4) is 0 Å². The predicted octanol–water partition coefficient (Wildman–Crippen LogP) is 1.74. The van der Waals surface area contributed by atoms with Crippen molar-refractivity contribution in [3.05, 3.63) is 39.4 Å². The summed E-state index contributed by atoms with van der Waals surface area (Å²) in [4.78, 5) is 33.1. The topological polar surface area (TPSA) is 110 Å². The smallest absolute Gasteiger partial charge is 0.308 e. The summed E-state index contributed by atoms with van der Waals surface area (Å²) in [5.74, 6) is -2.29. The molecule has 0 aromatic heterocycles. The number of carbonyl (C=O) groups excluding carboxylic acids is 1. The first-order valence-electron chi connectivity index (χ1n) is 6.03. The summed E-state index contributed by atoms with van der Waals surface area (Å²) in [5, 5.41) is 22.2. The van der Waals surface area contributed by atoms with Gasteiger partial charge in [0.05, 0.1) is 10.8 Å². The minimum absolute atomic E-state index is 0.142. The van der Waals surface area contributed by atoms with E-state index < -0.39 is 28.8 Å². The molecule has 2 unspecified atom stereocenters. The van der Waals surface area contributed by atoms with Crippen molar-refractivity contribution < 1.29 is 19.6 Å². The van der Waals surface area contributed by atoms with Gasteiger partial charge in [0.1, 0.15) is 0 Å². The monoisotopic (exact) mass is 280 g/mol. The highest BCUT2D eigenvalue weighted by molar-refractivity contribution is 5.97. The molecule has 0 fully saturated rings. The van der Waals surface area contributed by atoms with Crippen LogP contribution in [0.3, 0.4) is 0 Å². The molecule has 1 amide bonds. The molecule has 0 saturated carbocycles. The minimum Gasteiger partial charge on any atom is -0.481 e. The normalized spacial score (nSPS) is 13.3. The van der Waals surface area contributed by atoms with Crippen LogP contribution in [0.15, 0.2) is 18.2 Å². The van der Waals surface area contributed by atoms with Crippen LogP contribution in [0, 0.1) is 23.0 Å². The summed E-state index contributed by atoms with van der Waals surface area (Å²) in [6, 6.07) is 3.62. The largest absolute Gasteiger partial charge is 0.481 e. The van der Waals surface area contributed by atoms with Gasteiger partial charge in [-0.2, -0.15) is 0 Å². The zero-order chi connectivity index (χ0) is 15.4. The molecular weight excluding hydrogens is 264 g/mol. The van der Waals surface area contributed by atoms with Crippen LogP contribution in [0.25, 0.3) is 0 Å². The Morgan fingerprint density at radius 2 is 1.95 bits per heavy atom. The van der Waals surface area contributed by atoms with Crippen LogP contribution in [-0.4, -0.2) is 27.9 Å². The average molecular weight is 280 g/mol. The first kappa shape index (κ1) is 15.6. The quantitative estimate of drug-likeness (QED) is 0.630. The van der Waals surface area contributed by atoms with Crippen molar-refractivity contribution in [2.45, 2.75) is 26.8 Å². The Bertz CT molecular complexity index is 556. The zero-order valence-corrected chi connectivity index (χ0v) is 11.4. The van der Waals surface area contributed by atoms with Gasteiger partial charge in [-0.1, -0.05) is 6.07 Å². The summed E-state index contributed by atoms with van der Waals surface area (Å²) >= 11 is 0. The number of carboxylic acids is 1. The van der Waals surface area contributed by atoms with Gasteiger partial charge in [-0.25, -0.2) is 0 Å². The number of rotatable bonds is 5. The average Bonchev–Trinajstić information content (AvgIpc) is 2.37. The molecule has 0 bridgehead atoms. The maximum Gasteiger partial charge on any atom is 0.308 e. The van der Waals surface area contributed by atoms with E-state index in [9.17, 15) is 19.7 Å². The molecular formula is C13H16N2O5. The summed E-state index contributed by atoms with van der Waals surface area (Å²) in [7, 11) is 0. The molecule has 2 atom stereocenters. The fourth-order valence-electron chi connectivity index (χ4n) is 1.69. The first-order valence-corrected chi connectivity index (χ1v) is 6.03. The number of carboxylic acid groups (broad SMARTS) is 1. The maximum absolute atomic E-state index is 12.1. The van der Waals surface area contributed by atoms with Gasteiger partial charge in [0.2, 0.25) is 0 Å². The molecule has 1 rings (SSSR count). The fourth-order valence-corrected chi connectivity index (χ4v) is 1.69. The third kappa shape index (κ3) is 3.31. The molecule has 1 aromatic carbocycles. The number of carbonyl (C=O) groups is 2. The Labute approximate surface area is 115 Å². The lowest BCUT2D eigenvalue weighted by Gasteiger charge is -2.18. The molecule has 2 N–H and O–H groups in total. The van der Waals surface area contributed by atoms with E-state index in [0.717, 1.165) is 0 Å². The molecule has 0 saturated heterocycles. The molecule has 108 valence electrons. The molecule has 7 nitrogen and oxygen atoms in total. The second kappa shape index (κ2) is 6.14. The Hall–Kier alpha value is -2.44. The van der Waals surface area contributed by atoms with Crippen LogP contribution in [-0.2, 0) is 4.79 Å². The van der Waals surface area contributed by atoms with Crippen molar-refractivity contribution in [1.82, 2.24) is 5.32 Å². The van der Waals surface area contributed by atoms with E-state index in [0.29, 0.717) is 0 Å². The Kier molecular flexibility index (Phi) is 4.79.